The number of aromatic nitrogens is 2. The van der Waals surface area contributed by atoms with Gasteiger partial charge in [-0.05, 0) is 0 Å². The van der Waals surface area contributed by atoms with Crippen LogP contribution in [0, 0.1) is 0 Å². The molecule has 2 aromatic rings. The van der Waals surface area contributed by atoms with E-state index in [1.807, 2.05) is 50.4 Å². The van der Waals surface area contributed by atoms with Gasteiger partial charge in [-0.3, -0.25) is 0 Å². The highest BCUT2D eigenvalue weighted by molar-refractivity contribution is 5.54. The Balaban J connectivity index is 2.13. The molecule has 6 heteroatoms. The molecule has 0 amide bonds. The van der Waals surface area contributed by atoms with Crippen molar-refractivity contribution in [3.05, 3.63) is 30.1 Å². The van der Waals surface area contributed by atoms with Crippen LogP contribution in [0.25, 0.3) is 0 Å². The van der Waals surface area contributed by atoms with Crippen LogP contribution < -0.4 is 19.7 Å². The van der Waals surface area contributed by atoms with Crippen molar-refractivity contribution < 1.29 is 9.47 Å². The average molecular weight is 290 g/mol. The van der Waals surface area contributed by atoms with Gasteiger partial charge in [0.2, 0.25) is 5.95 Å². The number of ether oxygens (including phenoxy) is 2. The second kappa shape index (κ2) is 6.39. The first-order valence-corrected chi connectivity index (χ1v) is 6.70. The van der Waals surface area contributed by atoms with Crippen LogP contribution in [0.4, 0.5) is 11.6 Å². The van der Waals surface area contributed by atoms with Crippen LogP contribution in [0.15, 0.2) is 24.4 Å². The van der Waals surface area contributed by atoms with Crippen LogP contribution in [0.1, 0.15) is 5.69 Å². The fourth-order valence-electron chi connectivity index (χ4n) is 2.12. The van der Waals surface area contributed by atoms with Crippen LogP contribution in [-0.2, 0) is 13.6 Å². The Kier molecular flexibility index (Phi) is 4.57. The van der Waals surface area contributed by atoms with Gasteiger partial charge in [0.25, 0.3) is 0 Å². The van der Waals surface area contributed by atoms with E-state index in [2.05, 4.69) is 14.9 Å². The highest BCUT2D eigenvalue weighted by Gasteiger charge is 2.08. The predicted molar refractivity (Wildman–Crippen MR) is 84.4 cm³/mol. The second-order valence-corrected chi connectivity index (χ2v) is 4.96. The fourth-order valence-corrected chi connectivity index (χ4v) is 2.12. The summed E-state index contributed by atoms with van der Waals surface area (Å²) in [6.45, 7) is 0.674. The minimum Gasteiger partial charge on any atom is -0.497 e. The number of nitrogens with one attached hydrogen (secondary N) is 1. The summed E-state index contributed by atoms with van der Waals surface area (Å²) in [5.74, 6) is 2.45. The van der Waals surface area contributed by atoms with Crippen LogP contribution in [0.3, 0.4) is 0 Å². The molecule has 2 rings (SSSR count). The summed E-state index contributed by atoms with van der Waals surface area (Å²) in [5.41, 5.74) is 2.04. The normalized spacial score (nSPS) is 10.3. The molecule has 1 heterocycles. The van der Waals surface area contributed by atoms with Gasteiger partial charge in [0, 0.05) is 45.0 Å². The molecule has 1 aromatic carbocycles. The zero-order valence-electron chi connectivity index (χ0n) is 13.2. The maximum atomic E-state index is 5.26. The number of hydrogen-bond donors (Lipinski definition) is 1. The summed E-state index contributed by atoms with van der Waals surface area (Å²) in [5, 5.41) is 3.36. The average Bonchev–Trinajstić information content (AvgIpc) is 2.85. The van der Waals surface area contributed by atoms with Gasteiger partial charge >= 0.3 is 0 Å². The van der Waals surface area contributed by atoms with E-state index in [9.17, 15) is 0 Å². The molecule has 0 spiro atoms. The molecule has 114 valence electrons. The fraction of sp³-hybridized carbons (Fsp3) is 0.400. The SMILES string of the molecule is COc1cc(NCc2cnc(N(C)C)n2C)cc(OC)c1. The number of rotatable bonds is 6. The van der Waals surface area contributed by atoms with Crippen molar-refractivity contribution in [3.8, 4) is 11.5 Å². The summed E-state index contributed by atoms with van der Waals surface area (Å²) >= 11 is 0. The Bertz CT molecular complexity index is 585. The Morgan fingerprint density at radius 3 is 2.24 bits per heavy atom. The smallest absolute Gasteiger partial charge is 0.204 e. The predicted octanol–water partition coefficient (Wildman–Crippen LogP) is 2.12. The highest BCUT2D eigenvalue weighted by atomic mass is 16.5. The van der Waals surface area contributed by atoms with Gasteiger partial charge in [-0.1, -0.05) is 0 Å². The zero-order valence-corrected chi connectivity index (χ0v) is 13.2. The topological polar surface area (TPSA) is 51.5 Å². The molecule has 0 saturated carbocycles. The number of nitrogens with zero attached hydrogens (tertiary/aromatic N) is 3. The van der Waals surface area contributed by atoms with E-state index in [0.29, 0.717) is 6.54 Å². The minimum atomic E-state index is 0.674. The lowest BCUT2D eigenvalue weighted by Crippen LogP contribution is -2.15. The molecule has 0 saturated heterocycles. The Morgan fingerprint density at radius 1 is 1.14 bits per heavy atom. The Morgan fingerprint density at radius 2 is 1.76 bits per heavy atom. The van der Waals surface area contributed by atoms with Crippen molar-refractivity contribution in [3.63, 3.8) is 0 Å². The summed E-state index contributed by atoms with van der Waals surface area (Å²) in [6.07, 6.45) is 1.87. The van der Waals surface area contributed by atoms with Gasteiger partial charge in [0.15, 0.2) is 0 Å². The van der Waals surface area contributed by atoms with Crippen molar-refractivity contribution in [1.29, 1.82) is 0 Å². The largest absolute Gasteiger partial charge is 0.497 e. The third-order valence-electron chi connectivity index (χ3n) is 3.28. The van der Waals surface area contributed by atoms with Crippen LogP contribution in [-0.4, -0.2) is 37.9 Å². The molecular weight excluding hydrogens is 268 g/mol. The lowest BCUT2D eigenvalue weighted by atomic mass is 10.2. The summed E-state index contributed by atoms with van der Waals surface area (Å²) in [6, 6.07) is 5.72. The second-order valence-electron chi connectivity index (χ2n) is 4.96. The van der Waals surface area contributed by atoms with Crippen LogP contribution >= 0.6 is 0 Å². The monoisotopic (exact) mass is 290 g/mol. The van der Waals surface area contributed by atoms with E-state index in [0.717, 1.165) is 28.8 Å². The van der Waals surface area contributed by atoms with Gasteiger partial charge in [-0.25, -0.2) is 4.98 Å². The molecule has 0 atom stereocenters. The van der Waals surface area contributed by atoms with Crippen molar-refractivity contribution in [1.82, 2.24) is 9.55 Å². The van der Waals surface area contributed by atoms with Crippen molar-refractivity contribution >= 4 is 11.6 Å². The highest BCUT2D eigenvalue weighted by Crippen LogP contribution is 2.26. The quantitative estimate of drug-likeness (QED) is 0.883. The first-order valence-electron chi connectivity index (χ1n) is 6.70. The lowest BCUT2D eigenvalue weighted by molar-refractivity contribution is 0.394. The molecule has 0 unspecified atom stereocenters. The Hall–Kier alpha value is -2.37. The zero-order chi connectivity index (χ0) is 15.4. The number of hydrogen-bond acceptors (Lipinski definition) is 5. The molecule has 0 radical (unpaired) electrons. The molecule has 0 bridgehead atoms. The molecule has 6 nitrogen and oxygen atoms in total. The summed E-state index contributed by atoms with van der Waals surface area (Å²) < 4.78 is 12.6. The third kappa shape index (κ3) is 3.39. The van der Waals surface area contributed by atoms with Crippen molar-refractivity contribution in [2.45, 2.75) is 6.54 Å². The van der Waals surface area contributed by atoms with Gasteiger partial charge < -0.3 is 24.3 Å². The number of anilines is 2. The van der Waals surface area contributed by atoms with Crippen molar-refractivity contribution in [2.24, 2.45) is 7.05 Å². The molecule has 1 aromatic heterocycles. The van der Waals surface area contributed by atoms with Gasteiger partial charge in [0.05, 0.1) is 32.7 Å². The van der Waals surface area contributed by atoms with Crippen molar-refractivity contribution in [2.75, 3.05) is 38.5 Å². The molecule has 21 heavy (non-hydrogen) atoms. The standard InChI is InChI=1S/C15H22N4O2/c1-18(2)15-17-10-12(19(15)3)9-16-11-6-13(20-4)8-14(7-11)21-5/h6-8,10,16H,9H2,1-5H3. The van der Waals surface area contributed by atoms with E-state index >= 15 is 0 Å². The molecular formula is C15H22N4O2. The van der Waals surface area contributed by atoms with Crippen LogP contribution in [0.2, 0.25) is 0 Å². The maximum Gasteiger partial charge on any atom is 0.204 e. The van der Waals surface area contributed by atoms with Gasteiger partial charge in [-0.2, -0.15) is 0 Å². The lowest BCUT2D eigenvalue weighted by Gasteiger charge is -2.14. The van der Waals surface area contributed by atoms with E-state index in [4.69, 9.17) is 9.47 Å². The number of imidazole rings is 1. The van der Waals surface area contributed by atoms with Crippen LogP contribution in [0.5, 0.6) is 11.5 Å². The molecule has 1 N–H and O–H groups in total. The first-order chi connectivity index (χ1) is 10.0. The maximum absolute atomic E-state index is 5.26. The molecule has 0 aliphatic rings. The summed E-state index contributed by atoms with van der Waals surface area (Å²) in [4.78, 5) is 6.38. The van der Waals surface area contributed by atoms with Gasteiger partial charge in [0.1, 0.15) is 11.5 Å². The number of methoxy groups -OCH3 is 2. The molecule has 0 fully saturated rings. The van der Waals surface area contributed by atoms with E-state index in [1.165, 1.54) is 0 Å². The van der Waals surface area contributed by atoms with E-state index in [1.54, 1.807) is 14.2 Å². The van der Waals surface area contributed by atoms with E-state index in [-0.39, 0.29) is 0 Å². The first kappa shape index (κ1) is 15.0. The van der Waals surface area contributed by atoms with Gasteiger partial charge in [-0.15, -0.1) is 0 Å². The number of benzene rings is 1. The van der Waals surface area contributed by atoms with E-state index < -0.39 is 0 Å². The Labute approximate surface area is 125 Å². The third-order valence-corrected chi connectivity index (χ3v) is 3.28. The molecule has 0 aliphatic heterocycles. The summed E-state index contributed by atoms with van der Waals surface area (Å²) in [7, 11) is 9.25. The minimum absolute atomic E-state index is 0.674. The molecule has 0 aliphatic carbocycles.